The van der Waals surface area contributed by atoms with Crippen molar-refractivity contribution < 1.29 is 19.1 Å². The maximum absolute atomic E-state index is 13.3. The van der Waals surface area contributed by atoms with Gasteiger partial charge < -0.3 is 14.8 Å². The number of dihydropyridines is 1. The molecule has 0 amide bonds. The van der Waals surface area contributed by atoms with Crippen LogP contribution in [-0.4, -0.2) is 24.1 Å². The van der Waals surface area contributed by atoms with E-state index in [1.807, 2.05) is 13.8 Å². The molecule has 0 radical (unpaired) electrons. The highest BCUT2D eigenvalue weighted by molar-refractivity contribution is 5.96. The fourth-order valence-corrected chi connectivity index (χ4v) is 6.24. The molecule has 1 heterocycles. The van der Waals surface area contributed by atoms with Gasteiger partial charge in [0, 0.05) is 17.8 Å². The molecule has 3 aliphatic rings. The smallest absolute Gasteiger partial charge is 0.336 e. The molecule has 0 saturated heterocycles. The third-order valence-electron chi connectivity index (χ3n) is 8.57. The molecule has 1 N–H and O–H groups in total. The Labute approximate surface area is 207 Å². The van der Waals surface area contributed by atoms with Crippen LogP contribution in [0.3, 0.4) is 0 Å². The van der Waals surface area contributed by atoms with Gasteiger partial charge in [-0.1, -0.05) is 54.4 Å². The Morgan fingerprint density at radius 2 is 1.12 bits per heavy atom. The molecular formula is C29H47NO4. The van der Waals surface area contributed by atoms with Gasteiger partial charge in [-0.25, -0.2) is 9.59 Å². The molecule has 2 fully saturated rings. The van der Waals surface area contributed by atoms with E-state index in [1.165, 1.54) is 12.8 Å². The van der Waals surface area contributed by atoms with E-state index in [0.29, 0.717) is 46.7 Å². The Kier molecular flexibility index (Phi) is 8.92. The third kappa shape index (κ3) is 6.26. The van der Waals surface area contributed by atoms with E-state index in [9.17, 15) is 9.59 Å². The van der Waals surface area contributed by atoms with E-state index in [2.05, 4.69) is 46.9 Å². The van der Waals surface area contributed by atoms with Crippen molar-refractivity contribution in [3.63, 3.8) is 0 Å². The van der Waals surface area contributed by atoms with E-state index in [1.54, 1.807) is 0 Å². The van der Waals surface area contributed by atoms with Crippen LogP contribution >= 0.6 is 0 Å². The number of nitrogens with one attached hydrogen (secondary N) is 1. The van der Waals surface area contributed by atoms with Crippen LogP contribution in [0.1, 0.15) is 100 Å². The second-order valence-corrected chi connectivity index (χ2v) is 12.0. The summed E-state index contributed by atoms with van der Waals surface area (Å²) < 4.78 is 12.2. The predicted molar refractivity (Wildman–Crippen MR) is 136 cm³/mol. The van der Waals surface area contributed by atoms with Gasteiger partial charge >= 0.3 is 11.9 Å². The van der Waals surface area contributed by atoms with Gasteiger partial charge in [0.2, 0.25) is 0 Å². The van der Waals surface area contributed by atoms with Crippen molar-refractivity contribution in [3.8, 4) is 0 Å². The minimum atomic E-state index is -0.293. The van der Waals surface area contributed by atoms with Gasteiger partial charge in [-0.15, -0.1) is 0 Å². The summed E-state index contributed by atoms with van der Waals surface area (Å²) in [5.41, 5.74) is 2.65. The van der Waals surface area contributed by atoms with Crippen LogP contribution in [0.4, 0.5) is 0 Å². The zero-order chi connectivity index (χ0) is 25.2. The molecular weight excluding hydrogens is 426 g/mol. The van der Waals surface area contributed by atoms with Gasteiger partial charge in [0.1, 0.15) is 12.2 Å². The largest absolute Gasteiger partial charge is 0.459 e. The number of allylic oxidation sites excluding steroid dienone is 2. The lowest BCUT2D eigenvalue weighted by Crippen LogP contribution is -2.38. The monoisotopic (exact) mass is 473 g/mol. The number of hydrogen-bond donors (Lipinski definition) is 1. The average Bonchev–Trinajstić information content (AvgIpc) is 2.73. The van der Waals surface area contributed by atoms with Gasteiger partial charge in [0.05, 0.1) is 11.1 Å². The quantitative estimate of drug-likeness (QED) is 0.444. The second kappa shape index (κ2) is 11.3. The molecule has 2 saturated carbocycles. The topological polar surface area (TPSA) is 64.6 Å². The maximum atomic E-state index is 13.3. The van der Waals surface area contributed by atoms with Gasteiger partial charge in [-0.2, -0.15) is 0 Å². The predicted octanol–water partition coefficient (Wildman–Crippen LogP) is 6.54. The van der Waals surface area contributed by atoms with Crippen molar-refractivity contribution in [2.75, 3.05) is 0 Å². The summed E-state index contributed by atoms with van der Waals surface area (Å²) >= 11 is 0. The van der Waals surface area contributed by atoms with Crippen LogP contribution in [0.25, 0.3) is 0 Å². The van der Waals surface area contributed by atoms with Crippen molar-refractivity contribution >= 4 is 11.9 Å². The number of carbonyl (C=O) groups excluding carboxylic acids is 2. The Balaban J connectivity index is 1.70. The molecule has 1 aliphatic heterocycles. The summed E-state index contributed by atoms with van der Waals surface area (Å²) in [6, 6.07) is 0. The van der Waals surface area contributed by atoms with Crippen LogP contribution in [0.15, 0.2) is 22.5 Å². The van der Waals surface area contributed by atoms with Crippen LogP contribution in [0.5, 0.6) is 0 Å². The summed E-state index contributed by atoms with van der Waals surface area (Å²) in [4.78, 5) is 26.6. The summed E-state index contributed by atoms with van der Waals surface area (Å²) in [6.07, 6.45) is 6.55. The zero-order valence-electron chi connectivity index (χ0n) is 22.7. The molecule has 5 nitrogen and oxygen atoms in total. The minimum absolute atomic E-state index is 0.0607. The van der Waals surface area contributed by atoms with E-state index < -0.39 is 0 Å². The molecule has 2 aliphatic carbocycles. The van der Waals surface area contributed by atoms with E-state index >= 15 is 0 Å². The first-order valence-electron chi connectivity index (χ1n) is 13.6. The lowest BCUT2D eigenvalue weighted by molar-refractivity contribution is -0.151. The molecule has 0 unspecified atom stereocenters. The van der Waals surface area contributed by atoms with Crippen molar-refractivity contribution in [1.82, 2.24) is 5.32 Å². The van der Waals surface area contributed by atoms with Gasteiger partial charge in [-0.05, 0) is 75.0 Å². The molecule has 0 aromatic carbocycles. The summed E-state index contributed by atoms with van der Waals surface area (Å²) in [6.45, 7) is 17.1. The highest BCUT2D eigenvalue weighted by atomic mass is 16.5. The van der Waals surface area contributed by atoms with Gasteiger partial charge in [-0.3, -0.25) is 0 Å². The minimum Gasteiger partial charge on any atom is -0.459 e. The van der Waals surface area contributed by atoms with Crippen LogP contribution in [0.2, 0.25) is 0 Å². The fourth-order valence-electron chi connectivity index (χ4n) is 6.24. The number of hydrogen-bond acceptors (Lipinski definition) is 5. The first kappa shape index (κ1) is 26.8. The molecule has 6 atom stereocenters. The molecule has 0 spiro atoms. The maximum Gasteiger partial charge on any atom is 0.336 e. The Hall–Kier alpha value is -1.78. The van der Waals surface area contributed by atoms with E-state index in [4.69, 9.17) is 9.47 Å². The molecule has 34 heavy (non-hydrogen) atoms. The lowest BCUT2D eigenvalue weighted by atomic mass is 9.75. The van der Waals surface area contributed by atoms with Gasteiger partial charge in [0.25, 0.3) is 0 Å². The van der Waals surface area contributed by atoms with Crippen molar-refractivity contribution in [1.29, 1.82) is 0 Å². The van der Waals surface area contributed by atoms with Crippen LogP contribution in [0, 0.1) is 35.5 Å². The summed E-state index contributed by atoms with van der Waals surface area (Å²) in [7, 11) is 0. The number of esters is 2. The fraction of sp³-hybridized carbons (Fsp3) is 0.793. The van der Waals surface area contributed by atoms with E-state index in [0.717, 1.165) is 37.1 Å². The molecule has 5 heteroatoms. The Morgan fingerprint density at radius 3 is 1.47 bits per heavy atom. The highest BCUT2D eigenvalue weighted by Gasteiger charge is 2.37. The van der Waals surface area contributed by atoms with Crippen molar-refractivity contribution in [3.05, 3.63) is 22.5 Å². The molecule has 192 valence electrons. The number of ether oxygens (including phenoxy) is 2. The molecule has 0 aromatic rings. The zero-order valence-corrected chi connectivity index (χ0v) is 22.7. The molecule has 0 aromatic heterocycles. The first-order valence-corrected chi connectivity index (χ1v) is 13.6. The average molecular weight is 474 g/mol. The van der Waals surface area contributed by atoms with E-state index in [-0.39, 0.29) is 30.6 Å². The Bertz CT molecular complexity index is 758. The SMILES string of the molecule is CC1=C(C(=O)O[C@@H]2C[C@H](C)CC[C@@H]2C(C)C)CC(C(=O)O[C@@H]2C[C@@H](C)CC[C@@H]2C(C)C)=C(C)N1. The van der Waals surface area contributed by atoms with Crippen molar-refractivity contribution in [2.24, 2.45) is 35.5 Å². The number of rotatable bonds is 6. The number of carbonyl (C=O) groups is 2. The lowest BCUT2D eigenvalue weighted by Gasteiger charge is -2.37. The normalized spacial score (nSPS) is 32.6. The standard InChI is InChI=1S/C29H47NO4/c1-16(2)22-11-9-18(5)13-26(22)33-28(31)24-15-25(21(8)30-20(24)7)29(32)34-27-14-19(6)10-12-23(27)17(3)4/h16-19,22-23,26-27,30H,9-15H2,1-8H3/t18-,19+,22-,23-,26-,27-/m1/s1. The molecule has 0 bridgehead atoms. The summed E-state index contributed by atoms with van der Waals surface area (Å²) in [5, 5.41) is 3.26. The van der Waals surface area contributed by atoms with Gasteiger partial charge in [0.15, 0.2) is 0 Å². The van der Waals surface area contributed by atoms with Crippen LogP contribution in [-0.2, 0) is 19.1 Å². The van der Waals surface area contributed by atoms with Crippen molar-refractivity contribution in [2.45, 2.75) is 113 Å². The first-order chi connectivity index (χ1) is 16.0. The summed E-state index contributed by atoms with van der Waals surface area (Å²) in [5.74, 6) is 2.27. The van der Waals surface area contributed by atoms with Crippen LogP contribution < -0.4 is 5.32 Å². The molecule has 3 rings (SSSR count). The third-order valence-corrected chi connectivity index (χ3v) is 8.57. The second-order valence-electron chi connectivity index (χ2n) is 12.0. The highest BCUT2D eigenvalue weighted by Crippen LogP contribution is 2.38. The Morgan fingerprint density at radius 1 is 0.735 bits per heavy atom.